The summed E-state index contributed by atoms with van der Waals surface area (Å²) in [4.78, 5) is 16.9. The van der Waals surface area contributed by atoms with E-state index in [2.05, 4.69) is 46.0 Å². The predicted molar refractivity (Wildman–Crippen MR) is 181 cm³/mol. The van der Waals surface area contributed by atoms with Crippen molar-refractivity contribution >= 4 is 44.0 Å². The maximum Gasteiger partial charge on any atom is 0.318 e. The molecule has 2 fully saturated rings. The van der Waals surface area contributed by atoms with Gasteiger partial charge in [-0.2, -0.15) is 18.4 Å². The fourth-order valence-corrected chi connectivity index (χ4v) is 8.57. The van der Waals surface area contributed by atoms with Crippen LogP contribution in [0, 0.1) is 11.3 Å². The molecule has 3 aromatic rings. The van der Waals surface area contributed by atoms with Gasteiger partial charge in [0.05, 0.1) is 29.6 Å². The summed E-state index contributed by atoms with van der Waals surface area (Å²) in [5.74, 6) is 0.853. The molecule has 0 aliphatic carbocycles. The molecule has 0 N–H and O–H groups in total. The lowest BCUT2D eigenvalue weighted by atomic mass is 9.98. The minimum absolute atomic E-state index is 0.0137. The van der Waals surface area contributed by atoms with Gasteiger partial charge in [-0.25, -0.2) is 0 Å². The Morgan fingerprint density at radius 2 is 1.78 bits per heavy atom. The second-order valence-electron chi connectivity index (χ2n) is 14.1. The SMILES string of the molecule is CN1CCC[C@H]1COc1nc2c(c(N3CCCC(CS(=O)(=O)OCC(C)(C)C)C3)n1)CCN(c1cccc3cccc(Cl)c13)C2. The summed E-state index contributed by atoms with van der Waals surface area (Å²) in [5, 5.41) is 2.90. The van der Waals surface area contributed by atoms with Crippen LogP contribution in [-0.2, 0) is 27.3 Å². The number of ether oxygens (including phenoxy) is 1. The van der Waals surface area contributed by atoms with Crippen LogP contribution in [0.3, 0.4) is 0 Å². The van der Waals surface area contributed by atoms with Crippen molar-refractivity contribution < 1.29 is 17.3 Å². The van der Waals surface area contributed by atoms with E-state index in [1.54, 1.807) is 0 Å². The van der Waals surface area contributed by atoms with Crippen LogP contribution < -0.4 is 14.5 Å². The van der Waals surface area contributed by atoms with E-state index in [1.165, 1.54) is 6.42 Å². The minimum atomic E-state index is -3.63. The average Bonchev–Trinajstić information content (AvgIpc) is 3.42. The Morgan fingerprint density at radius 3 is 2.53 bits per heavy atom. The van der Waals surface area contributed by atoms with Crippen molar-refractivity contribution in [1.29, 1.82) is 0 Å². The van der Waals surface area contributed by atoms with E-state index < -0.39 is 10.1 Å². The number of aromatic nitrogens is 2. The van der Waals surface area contributed by atoms with Gasteiger partial charge in [0.2, 0.25) is 0 Å². The molecule has 11 heteroatoms. The van der Waals surface area contributed by atoms with Crippen LogP contribution in [0.15, 0.2) is 36.4 Å². The zero-order valence-electron chi connectivity index (χ0n) is 27.0. The smallest absolute Gasteiger partial charge is 0.318 e. The summed E-state index contributed by atoms with van der Waals surface area (Å²) >= 11 is 6.72. The summed E-state index contributed by atoms with van der Waals surface area (Å²) in [5.41, 5.74) is 2.95. The third-order valence-corrected chi connectivity index (χ3v) is 10.9. The van der Waals surface area contributed by atoms with E-state index in [0.717, 1.165) is 83.9 Å². The summed E-state index contributed by atoms with van der Waals surface area (Å²) in [7, 11) is -1.50. The van der Waals surface area contributed by atoms with E-state index in [4.69, 9.17) is 30.5 Å². The first kappa shape index (κ1) is 32.3. The van der Waals surface area contributed by atoms with Crippen molar-refractivity contribution in [2.75, 3.05) is 62.0 Å². The van der Waals surface area contributed by atoms with Gasteiger partial charge in [-0.05, 0) is 74.5 Å². The molecule has 6 rings (SSSR count). The van der Waals surface area contributed by atoms with Crippen molar-refractivity contribution in [3.8, 4) is 6.01 Å². The maximum absolute atomic E-state index is 12.9. The highest BCUT2D eigenvalue weighted by atomic mass is 35.5. The third-order valence-electron chi connectivity index (χ3n) is 9.20. The first-order valence-electron chi connectivity index (χ1n) is 16.2. The maximum atomic E-state index is 12.9. The van der Waals surface area contributed by atoms with Gasteiger partial charge in [0.25, 0.3) is 10.1 Å². The number of fused-ring (bicyclic) bond motifs is 2. The number of nitrogens with zero attached hydrogens (tertiary/aromatic N) is 5. The van der Waals surface area contributed by atoms with Gasteiger partial charge in [0, 0.05) is 42.3 Å². The Hall–Kier alpha value is -2.66. The summed E-state index contributed by atoms with van der Waals surface area (Å²) < 4.78 is 37.5. The van der Waals surface area contributed by atoms with Crippen LogP contribution in [0.1, 0.15) is 57.7 Å². The van der Waals surface area contributed by atoms with Crippen LogP contribution in [-0.4, -0.2) is 81.5 Å². The second kappa shape index (κ2) is 13.2. The van der Waals surface area contributed by atoms with Crippen LogP contribution >= 0.6 is 11.6 Å². The van der Waals surface area contributed by atoms with Gasteiger partial charge in [0.1, 0.15) is 12.4 Å². The van der Waals surface area contributed by atoms with Crippen molar-refractivity contribution in [3.05, 3.63) is 52.7 Å². The molecular weight excluding hydrogens is 610 g/mol. The average molecular weight is 656 g/mol. The van der Waals surface area contributed by atoms with Crippen molar-refractivity contribution in [1.82, 2.24) is 14.9 Å². The number of likely N-dealkylation sites (N-methyl/N-ethyl adjacent to an activating group) is 1. The van der Waals surface area contributed by atoms with Crippen molar-refractivity contribution in [2.45, 2.75) is 65.5 Å². The third kappa shape index (κ3) is 7.67. The summed E-state index contributed by atoms with van der Waals surface area (Å²) in [6.45, 7) is 10.6. The number of halogens is 1. The van der Waals surface area contributed by atoms with E-state index in [9.17, 15) is 8.42 Å². The largest absolute Gasteiger partial charge is 0.462 e. The van der Waals surface area contributed by atoms with Gasteiger partial charge in [0.15, 0.2) is 0 Å². The highest BCUT2D eigenvalue weighted by Crippen LogP contribution is 2.38. The van der Waals surface area contributed by atoms with E-state index in [1.807, 2.05) is 32.9 Å². The molecule has 1 aromatic heterocycles. The summed E-state index contributed by atoms with van der Waals surface area (Å²) in [6.07, 6.45) is 4.77. The van der Waals surface area contributed by atoms with Gasteiger partial charge in [-0.1, -0.05) is 56.6 Å². The molecule has 1 unspecified atom stereocenters. The van der Waals surface area contributed by atoms with Crippen LogP contribution in [0.25, 0.3) is 10.8 Å². The Kier molecular flexibility index (Phi) is 9.48. The molecule has 2 atom stereocenters. The second-order valence-corrected chi connectivity index (χ2v) is 16.2. The molecule has 3 aliphatic heterocycles. The van der Waals surface area contributed by atoms with E-state index in [-0.39, 0.29) is 23.7 Å². The molecule has 2 aromatic carbocycles. The Bertz CT molecular complexity index is 1620. The molecule has 3 aliphatic rings. The number of benzene rings is 2. The molecule has 9 nitrogen and oxygen atoms in total. The fraction of sp³-hybridized carbons (Fsp3) is 0.588. The van der Waals surface area contributed by atoms with Gasteiger partial charge in [-0.15, -0.1) is 0 Å². The lowest BCUT2D eigenvalue weighted by Crippen LogP contribution is -2.41. The lowest BCUT2D eigenvalue weighted by molar-refractivity contribution is 0.187. The van der Waals surface area contributed by atoms with Crippen LogP contribution in [0.2, 0.25) is 5.02 Å². The highest BCUT2D eigenvalue weighted by Gasteiger charge is 2.32. The van der Waals surface area contributed by atoms with Gasteiger partial charge in [-0.3, -0.25) is 4.18 Å². The predicted octanol–water partition coefficient (Wildman–Crippen LogP) is 5.93. The first-order chi connectivity index (χ1) is 21.5. The molecule has 0 saturated carbocycles. The standard InChI is InChI=1S/C34H46ClN5O4S/c1-34(2,3)23-44-45(41,42)22-24-9-7-17-40(19-24)32-27-15-18-39(30-14-6-11-25-10-5-13-28(35)31(25)30)20-29(27)36-33(37-32)43-21-26-12-8-16-38(26)4/h5-6,10-11,13-14,24,26H,7-9,12,15-23H2,1-4H3/t24?,26-/m0/s1. The van der Waals surface area contributed by atoms with Gasteiger partial charge >= 0.3 is 6.01 Å². The normalized spacial score (nSPS) is 21.4. The number of rotatable bonds is 9. The Balaban J connectivity index is 1.28. The minimum Gasteiger partial charge on any atom is -0.462 e. The van der Waals surface area contributed by atoms with Crippen molar-refractivity contribution in [3.63, 3.8) is 0 Å². The topological polar surface area (TPSA) is 88.1 Å². The Morgan fingerprint density at radius 1 is 1.00 bits per heavy atom. The molecule has 45 heavy (non-hydrogen) atoms. The molecule has 0 amide bonds. The highest BCUT2D eigenvalue weighted by molar-refractivity contribution is 7.86. The molecule has 0 bridgehead atoms. The zero-order chi connectivity index (χ0) is 31.8. The van der Waals surface area contributed by atoms with Crippen LogP contribution in [0.5, 0.6) is 6.01 Å². The number of piperidine rings is 1. The Labute approximate surface area is 273 Å². The number of anilines is 2. The monoisotopic (exact) mass is 655 g/mol. The molecule has 0 spiro atoms. The molecule has 2 saturated heterocycles. The van der Waals surface area contributed by atoms with Crippen LogP contribution in [0.4, 0.5) is 11.5 Å². The first-order valence-corrected chi connectivity index (χ1v) is 18.2. The quantitative estimate of drug-likeness (QED) is 0.260. The van der Waals surface area contributed by atoms with E-state index in [0.29, 0.717) is 31.7 Å². The molecule has 0 radical (unpaired) electrons. The fourth-order valence-electron chi connectivity index (χ4n) is 6.82. The molecular formula is C34H46ClN5O4S. The molecule has 4 heterocycles. The van der Waals surface area contributed by atoms with Crippen molar-refractivity contribution in [2.24, 2.45) is 11.3 Å². The zero-order valence-corrected chi connectivity index (χ0v) is 28.5. The van der Waals surface area contributed by atoms with Gasteiger partial charge < -0.3 is 19.4 Å². The number of hydrogen-bond donors (Lipinski definition) is 0. The molecule has 244 valence electrons. The van der Waals surface area contributed by atoms with E-state index >= 15 is 0 Å². The number of likely N-dealkylation sites (tertiary alicyclic amines) is 1. The lowest BCUT2D eigenvalue weighted by Gasteiger charge is -2.37. The summed E-state index contributed by atoms with van der Waals surface area (Å²) in [6, 6.07) is 13.1. The number of hydrogen-bond acceptors (Lipinski definition) is 9.